The Bertz CT molecular complexity index is 174. The molecule has 0 atom stereocenters. The Morgan fingerprint density at radius 2 is 2.00 bits per heavy atom. The average Bonchev–Trinajstić information content (AvgIpc) is 1.80. The molecule has 0 radical (unpaired) electrons. The van der Waals surface area contributed by atoms with E-state index < -0.39 is 6.03 Å². The van der Waals surface area contributed by atoms with E-state index in [-0.39, 0.29) is 5.41 Å². The summed E-state index contributed by atoms with van der Waals surface area (Å²) < 4.78 is 0. The molecular weight excluding hydrogens is 164 g/mol. The number of nitrogens with one attached hydrogen (secondary N) is 1. The number of nitrogens with two attached hydrogens (primary N) is 1. The first-order valence-electron chi connectivity index (χ1n) is 3.11. The first-order valence-corrected chi connectivity index (χ1v) is 3.51. The Balaban J connectivity index is 3.80. The van der Waals surface area contributed by atoms with Crippen LogP contribution in [0, 0.1) is 5.41 Å². The third kappa shape index (κ3) is 4.55. The van der Waals surface area contributed by atoms with Crippen LogP contribution in [0.2, 0.25) is 0 Å². The van der Waals surface area contributed by atoms with Crippen molar-refractivity contribution in [2.75, 3.05) is 0 Å². The van der Waals surface area contributed by atoms with Crippen molar-refractivity contribution in [2.45, 2.75) is 20.8 Å². The standard InChI is InChI=1S/C6H12N2O2S/c1-6(2,3)4(11)10-8-5(7)9/h1-3H3,(H3,7,8,9). The molecule has 0 spiro atoms. The second-order valence-corrected chi connectivity index (χ2v) is 3.48. The SMILES string of the molecule is CC(C)(C)C(=S)ONC(N)=O. The lowest BCUT2D eigenvalue weighted by Gasteiger charge is -2.18. The van der Waals surface area contributed by atoms with Gasteiger partial charge in [0.25, 0.3) is 0 Å². The molecule has 5 heteroatoms. The van der Waals surface area contributed by atoms with Crippen molar-refractivity contribution in [3.8, 4) is 0 Å². The first-order chi connectivity index (χ1) is 4.84. The Morgan fingerprint density at radius 1 is 1.55 bits per heavy atom. The molecule has 11 heavy (non-hydrogen) atoms. The lowest BCUT2D eigenvalue weighted by Crippen LogP contribution is -2.35. The van der Waals surface area contributed by atoms with Crippen LogP contribution in [0.5, 0.6) is 0 Å². The molecule has 0 bridgehead atoms. The second kappa shape index (κ2) is 3.52. The van der Waals surface area contributed by atoms with Crippen LogP contribution in [0.4, 0.5) is 4.79 Å². The van der Waals surface area contributed by atoms with Crippen molar-refractivity contribution in [3.63, 3.8) is 0 Å². The van der Waals surface area contributed by atoms with E-state index in [0.29, 0.717) is 5.05 Å². The summed E-state index contributed by atoms with van der Waals surface area (Å²) in [5.41, 5.74) is 6.43. The second-order valence-electron chi connectivity index (χ2n) is 3.11. The molecule has 2 amide bonds. The van der Waals surface area contributed by atoms with Crippen molar-refractivity contribution in [1.29, 1.82) is 0 Å². The first kappa shape index (κ1) is 10.2. The van der Waals surface area contributed by atoms with Gasteiger partial charge in [0.1, 0.15) is 0 Å². The lowest BCUT2D eigenvalue weighted by molar-refractivity contribution is 0.167. The summed E-state index contributed by atoms with van der Waals surface area (Å²) in [5, 5.41) is 0.302. The third-order valence-electron chi connectivity index (χ3n) is 0.857. The van der Waals surface area contributed by atoms with Crippen molar-refractivity contribution in [3.05, 3.63) is 0 Å². The van der Waals surface area contributed by atoms with Crippen LogP contribution >= 0.6 is 12.2 Å². The normalized spacial score (nSPS) is 10.5. The van der Waals surface area contributed by atoms with Gasteiger partial charge in [-0.1, -0.05) is 20.8 Å². The number of thiocarbonyl (C=S) groups is 1. The summed E-state index contributed by atoms with van der Waals surface area (Å²) in [4.78, 5) is 14.8. The number of amides is 2. The molecule has 0 saturated carbocycles. The van der Waals surface area contributed by atoms with Crippen LogP contribution < -0.4 is 11.2 Å². The summed E-state index contributed by atoms with van der Waals surface area (Å²) in [5.74, 6) is 0. The summed E-state index contributed by atoms with van der Waals surface area (Å²) in [6.07, 6.45) is 0. The van der Waals surface area contributed by atoms with Gasteiger partial charge < -0.3 is 10.6 Å². The van der Waals surface area contributed by atoms with E-state index in [1.165, 1.54) is 0 Å². The smallest absolute Gasteiger partial charge is 0.345 e. The van der Waals surface area contributed by atoms with Crippen LogP contribution in [0.3, 0.4) is 0 Å². The van der Waals surface area contributed by atoms with E-state index in [2.05, 4.69) is 4.84 Å². The molecule has 0 unspecified atom stereocenters. The zero-order valence-corrected chi connectivity index (χ0v) is 7.62. The number of hydroxylamine groups is 1. The van der Waals surface area contributed by atoms with E-state index in [0.717, 1.165) is 0 Å². The van der Waals surface area contributed by atoms with E-state index in [1.54, 1.807) is 0 Å². The fourth-order valence-corrected chi connectivity index (χ4v) is 0.291. The summed E-state index contributed by atoms with van der Waals surface area (Å²) >= 11 is 4.82. The summed E-state index contributed by atoms with van der Waals surface area (Å²) in [6.45, 7) is 5.62. The monoisotopic (exact) mass is 176 g/mol. The molecule has 0 aromatic heterocycles. The molecule has 0 fully saturated rings. The fraction of sp³-hybridized carbons (Fsp3) is 0.667. The minimum atomic E-state index is -0.753. The Morgan fingerprint density at radius 3 is 2.27 bits per heavy atom. The number of carbonyl (C=O) groups is 1. The van der Waals surface area contributed by atoms with Gasteiger partial charge in [-0.2, -0.15) is 5.48 Å². The molecule has 64 valence electrons. The zero-order valence-electron chi connectivity index (χ0n) is 6.80. The van der Waals surface area contributed by atoms with Crippen molar-refractivity contribution in [2.24, 2.45) is 11.1 Å². The van der Waals surface area contributed by atoms with Crippen LogP contribution in [0.15, 0.2) is 0 Å². The van der Waals surface area contributed by atoms with Gasteiger partial charge in [-0.25, -0.2) is 4.79 Å². The Hall–Kier alpha value is -0.840. The molecule has 0 aliphatic heterocycles. The van der Waals surface area contributed by atoms with Gasteiger partial charge in [0.2, 0.25) is 5.05 Å². The maximum Gasteiger partial charge on any atom is 0.345 e. The fourth-order valence-electron chi connectivity index (χ4n) is 0.250. The van der Waals surface area contributed by atoms with E-state index in [9.17, 15) is 4.79 Å². The van der Waals surface area contributed by atoms with Gasteiger partial charge in [0.15, 0.2) is 0 Å². The lowest BCUT2D eigenvalue weighted by atomic mass is 9.99. The Kier molecular flexibility index (Phi) is 3.25. The minimum absolute atomic E-state index is 0.266. The van der Waals surface area contributed by atoms with Crippen molar-refractivity contribution >= 4 is 23.3 Å². The molecule has 0 saturated heterocycles. The minimum Gasteiger partial charge on any atom is -0.370 e. The quantitative estimate of drug-likeness (QED) is 0.427. The van der Waals surface area contributed by atoms with Crippen LogP contribution in [0.1, 0.15) is 20.8 Å². The summed E-state index contributed by atoms with van der Waals surface area (Å²) in [7, 11) is 0. The van der Waals surface area contributed by atoms with Crippen LogP contribution in [-0.4, -0.2) is 11.1 Å². The topological polar surface area (TPSA) is 64.3 Å². The highest BCUT2D eigenvalue weighted by Crippen LogP contribution is 2.15. The zero-order chi connectivity index (χ0) is 9.07. The van der Waals surface area contributed by atoms with Gasteiger partial charge in [-0.3, -0.25) is 0 Å². The molecule has 0 rings (SSSR count). The van der Waals surface area contributed by atoms with Gasteiger partial charge in [0.05, 0.1) is 0 Å². The molecule has 4 nitrogen and oxygen atoms in total. The van der Waals surface area contributed by atoms with Gasteiger partial charge in [-0.05, 0) is 12.2 Å². The molecule has 0 aliphatic rings. The van der Waals surface area contributed by atoms with Crippen molar-refractivity contribution in [1.82, 2.24) is 5.48 Å². The number of hydrogen-bond acceptors (Lipinski definition) is 3. The van der Waals surface area contributed by atoms with E-state index in [1.807, 2.05) is 26.3 Å². The highest BCUT2D eigenvalue weighted by atomic mass is 32.1. The van der Waals surface area contributed by atoms with Gasteiger partial charge in [-0.15, -0.1) is 0 Å². The number of urea groups is 1. The molecule has 0 heterocycles. The maximum absolute atomic E-state index is 10.2. The molecule has 0 aromatic carbocycles. The van der Waals surface area contributed by atoms with E-state index >= 15 is 0 Å². The summed E-state index contributed by atoms with van der Waals surface area (Å²) in [6, 6.07) is -0.753. The highest BCUT2D eigenvalue weighted by molar-refractivity contribution is 7.80. The molecule has 0 aromatic rings. The molecule has 3 N–H and O–H groups in total. The highest BCUT2D eigenvalue weighted by Gasteiger charge is 2.19. The number of carbonyl (C=O) groups excluding carboxylic acids is 1. The molecule has 0 aliphatic carbocycles. The number of hydrogen-bond donors (Lipinski definition) is 2. The number of primary amides is 1. The third-order valence-corrected chi connectivity index (χ3v) is 1.55. The average molecular weight is 176 g/mol. The van der Waals surface area contributed by atoms with Gasteiger partial charge in [0, 0.05) is 5.41 Å². The van der Waals surface area contributed by atoms with Crippen molar-refractivity contribution < 1.29 is 9.63 Å². The number of rotatable bonds is 0. The predicted octanol–water partition coefficient (Wildman–Crippen LogP) is 0.960. The van der Waals surface area contributed by atoms with Crippen LogP contribution in [-0.2, 0) is 4.84 Å². The van der Waals surface area contributed by atoms with Crippen LogP contribution in [0.25, 0.3) is 0 Å². The largest absolute Gasteiger partial charge is 0.370 e. The van der Waals surface area contributed by atoms with Gasteiger partial charge >= 0.3 is 6.03 Å². The Labute approximate surface area is 71.0 Å². The predicted molar refractivity (Wildman–Crippen MR) is 45.9 cm³/mol. The van der Waals surface area contributed by atoms with E-state index in [4.69, 9.17) is 18.0 Å². The molecular formula is C6H12N2O2S. The maximum atomic E-state index is 10.2.